The molecule has 2 heterocycles. The fourth-order valence-electron chi connectivity index (χ4n) is 2.34. The number of hydrogen-bond acceptors (Lipinski definition) is 5. The largest absolute Gasteiger partial charge is 0.462 e. The van der Waals surface area contributed by atoms with E-state index in [4.69, 9.17) is 9.15 Å². The van der Waals surface area contributed by atoms with Crippen molar-refractivity contribution in [3.05, 3.63) is 46.5 Å². The second-order valence-electron chi connectivity index (χ2n) is 4.81. The van der Waals surface area contributed by atoms with Crippen LogP contribution in [-0.4, -0.2) is 18.9 Å². The molecule has 0 aliphatic carbocycles. The minimum atomic E-state index is -0.288. The maximum atomic E-state index is 12.0. The molecule has 0 bridgehead atoms. The van der Waals surface area contributed by atoms with Gasteiger partial charge in [-0.3, -0.25) is 4.79 Å². The Bertz CT molecular complexity index is 857. The maximum Gasteiger partial charge on any atom is 0.348 e. The Balaban J connectivity index is 2.07. The van der Waals surface area contributed by atoms with Crippen molar-refractivity contribution in [3.63, 3.8) is 0 Å². The quantitative estimate of drug-likeness (QED) is 0.527. The minimum absolute atomic E-state index is 0.288. The summed E-state index contributed by atoms with van der Waals surface area (Å²) in [7, 11) is 0. The fourth-order valence-corrected chi connectivity index (χ4v) is 3.42. The number of aldehydes is 1. The third-order valence-corrected chi connectivity index (χ3v) is 4.68. The van der Waals surface area contributed by atoms with Gasteiger partial charge in [0.05, 0.1) is 6.61 Å². The van der Waals surface area contributed by atoms with Crippen LogP contribution in [0.1, 0.15) is 32.7 Å². The van der Waals surface area contributed by atoms with Crippen LogP contribution in [0.2, 0.25) is 0 Å². The lowest BCUT2D eigenvalue weighted by Gasteiger charge is -2.00. The van der Waals surface area contributed by atoms with Gasteiger partial charge < -0.3 is 9.15 Å². The molecule has 0 saturated carbocycles. The van der Waals surface area contributed by atoms with Crippen molar-refractivity contribution in [2.45, 2.75) is 13.8 Å². The lowest BCUT2D eigenvalue weighted by molar-refractivity contribution is 0.0531. The Morgan fingerprint density at radius 3 is 2.82 bits per heavy atom. The summed E-state index contributed by atoms with van der Waals surface area (Å²) < 4.78 is 11.5. The van der Waals surface area contributed by atoms with Crippen LogP contribution >= 0.6 is 11.3 Å². The second kappa shape index (κ2) is 5.77. The zero-order chi connectivity index (χ0) is 15.7. The van der Waals surface area contributed by atoms with E-state index in [0.717, 1.165) is 21.2 Å². The van der Waals surface area contributed by atoms with Gasteiger partial charge in [-0.25, -0.2) is 4.79 Å². The molecule has 5 heteroatoms. The van der Waals surface area contributed by atoms with Gasteiger partial charge in [0.15, 0.2) is 12.0 Å². The van der Waals surface area contributed by atoms with Gasteiger partial charge in [-0.1, -0.05) is 0 Å². The first-order valence-corrected chi connectivity index (χ1v) is 7.71. The highest BCUT2D eigenvalue weighted by molar-refractivity contribution is 7.21. The molecule has 0 fully saturated rings. The summed E-state index contributed by atoms with van der Waals surface area (Å²) in [6, 6.07) is 9.24. The maximum absolute atomic E-state index is 12.0. The normalized spacial score (nSPS) is 10.8. The second-order valence-corrected chi connectivity index (χ2v) is 5.86. The van der Waals surface area contributed by atoms with Crippen LogP contribution in [0.3, 0.4) is 0 Å². The highest BCUT2D eigenvalue weighted by Crippen LogP contribution is 2.34. The fraction of sp³-hybridized carbons (Fsp3) is 0.176. The van der Waals surface area contributed by atoms with E-state index in [1.807, 2.05) is 25.1 Å². The smallest absolute Gasteiger partial charge is 0.348 e. The topological polar surface area (TPSA) is 56.5 Å². The molecule has 0 aliphatic rings. The number of carbonyl (C=O) groups excluding carboxylic acids is 2. The van der Waals surface area contributed by atoms with Crippen LogP contribution in [0, 0.1) is 6.92 Å². The molecule has 0 aliphatic heterocycles. The van der Waals surface area contributed by atoms with E-state index >= 15 is 0 Å². The van der Waals surface area contributed by atoms with Gasteiger partial charge in [0.25, 0.3) is 0 Å². The number of carbonyl (C=O) groups is 2. The number of fused-ring (bicyclic) bond motifs is 1. The molecule has 2 aromatic heterocycles. The summed E-state index contributed by atoms with van der Waals surface area (Å²) in [5, 5.41) is 0.995. The molecule has 0 spiro atoms. The Morgan fingerprint density at radius 2 is 2.14 bits per heavy atom. The molecule has 0 saturated heterocycles. The lowest BCUT2D eigenvalue weighted by atomic mass is 10.1. The van der Waals surface area contributed by atoms with Crippen molar-refractivity contribution >= 4 is 33.7 Å². The number of rotatable bonds is 4. The molecule has 3 rings (SSSR count). The van der Waals surface area contributed by atoms with Gasteiger partial charge in [-0.2, -0.15) is 0 Å². The summed E-state index contributed by atoms with van der Waals surface area (Å²) in [5.41, 5.74) is 1.78. The van der Waals surface area contributed by atoms with Crippen LogP contribution in [0.4, 0.5) is 0 Å². The van der Waals surface area contributed by atoms with E-state index in [-0.39, 0.29) is 5.97 Å². The average molecular weight is 314 g/mol. The van der Waals surface area contributed by atoms with Gasteiger partial charge >= 0.3 is 5.97 Å². The monoisotopic (exact) mass is 314 g/mol. The molecule has 3 aromatic rings. The Hall–Kier alpha value is -2.40. The van der Waals surface area contributed by atoms with Gasteiger partial charge in [0.2, 0.25) is 0 Å². The molecule has 22 heavy (non-hydrogen) atoms. The van der Waals surface area contributed by atoms with Gasteiger partial charge in [-0.05, 0) is 55.1 Å². The van der Waals surface area contributed by atoms with E-state index in [2.05, 4.69) is 0 Å². The standard InChI is InChI=1S/C17H14O4S/c1-3-20-17(19)16-10(2)13-8-11(4-7-15(13)22-16)14-6-5-12(9-18)21-14/h4-9H,3H2,1-2H3. The van der Waals surface area contributed by atoms with Gasteiger partial charge in [-0.15, -0.1) is 11.3 Å². The van der Waals surface area contributed by atoms with E-state index in [0.29, 0.717) is 29.3 Å². The third-order valence-electron chi connectivity index (χ3n) is 3.42. The molecule has 1 aromatic carbocycles. The summed E-state index contributed by atoms with van der Waals surface area (Å²) in [4.78, 5) is 23.3. The van der Waals surface area contributed by atoms with Crippen LogP contribution < -0.4 is 0 Å². The first-order valence-electron chi connectivity index (χ1n) is 6.89. The van der Waals surface area contributed by atoms with Gasteiger partial charge in [0.1, 0.15) is 10.6 Å². The lowest BCUT2D eigenvalue weighted by Crippen LogP contribution is -2.03. The van der Waals surface area contributed by atoms with Crippen LogP contribution in [0.15, 0.2) is 34.7 Å². The Morgan fingerprint density at radius 1 is 1.32 bits per heavy atom. The highest BCUT2D eigenvalue weighted by Gasteiger charge is 2.17. The van der Waals surface area contributed by atoms with E-state index in [1.165, 1.54) is 11.3 Å². The number of thiophene rings is 1. The molecule has 4 nitrogen and oxygen atoms in total. The van der Waals surface area contributed by atoms with Crippen LogP contribution in [0.25, 0.3) is 21.4 Å². The highest BCUT2D eigenvalue weighted by atomic mass is 32.1. The number of benzene rings is 1. The number of hydrogen-bond donors (Lipinski definition) is 0. The van der Waals surface area contributed by atoms with Crippen molar-refractivity contribution in [2.24, 2.45) is 0 Å². The summed E-state index contributed by atoms with van der Waals surface area (Å²) in [6.45, 7) is 4.06. The predicted octanol–water partition coefficient (Wildman–Crippen LogP) is 4.46. The number of ether oxygens (including phenoxy) is 1. The molecule has 112 valence electrons. The van der Waals surface area contributed by atoms with E-state index in [1.54, 1.807) is 19.1 Å². The molecule has 0 radical (unpaired) electrons. The van der Waals surface area contributed by atoms with Crippen molar-refractivity contribution in [1.29, 1.82) is 0 Å². The van der Waals surface area contributed by atoms with Gasteiger partial charge in [0, 0.05) is 10.3 Å². The zero-order valence-corrected chi connectivity index (χ0v) is 13.0. The van der Waals surface area contributed by atoms with Crippen LogP contribution in [0.5, 0.6) is 0 Å². The number of aryl methyl sites for hydroxylation is 1. The average Bonchev–Trinajstić information content (AvgIpc) is 3.12. The molecule has 0 amide bonds. The van der Waals surface area contributed by atoms with Crippen molar-refractivity contribution in [2.75, 3.05) is 6.61 Å². The van der Waals surface area contributed by atoms with E-state index in [9.17, 15) is 9.59 Å². The minimum Gasteiger partial charge on any atom is -0.462 e. The van der Waals surface area contributed by atoms with Crippen molar-refractivity contribution in [1.82, 2.24) is 0 Å². The van der Waals surface area contributed by atoms with Crippen molar-refractivity contribution < 1.29 is 18.7 Å². The van der Waals surface area contributed by atoms with Crippen molar-refractivity contribution in [3.8, 4) is 11.3 Å². The summed E-state index contributed by atoms with van der Waals surface area (Å²) >= 11 is 1.42. The molecule has 0 atom stereocenters. The SMILES string of the molecule is CCOC(=O)c1sc2ccc(-c3ccc(C=O)o3)cc2c1C. The molecule has 0 unspecified atom stereocenters. The number of esters is 1. The zero-order valence-electron chi connectivity index (χ0n) is 12.2. The Kier molecular flexibility index (Phi) is 3.81. The third kappa shape index (κ3) is 2.44. The predicted molar refractivity (Wildman–Crippen MR) is 85.6 cm³/mol. The summed E-state index contributed by atoms with van der Waals surface area (Å²) in [6.07, 6.45) is 0.677. The van der Waals surface area contributed by atoms with E-state index < -0.39 is 0 Å². The van der Waals surface area contributed by atoms with Crippen LogP contribution in [-0.2, 0) is 4.74 Å². The summed E-state index contributed by atoms with van der Waals surface area (Å²) in [5.74, 6) is 0.639. The molecular formula is C17H14O4S. The first-order chi connectivity index (χ1) is 10.6. The molecular weight excluding hydrogens is 300 g/mol. The molecule has 0 N–H and O–H groups in total. The Labute approximate surface area is 131 Å². The number of furan rings is 1. The first kappa shape index (κ1) is 14.5.